The quantitative estimate of drug-likeness (QED) is 0.230. The van der Waals surface area contributed by atoms with Gasteiger partial charge in [0.1, 0.15) is 16.7 Å². The summed E-state index contributed by atoms with van der Waals surface area (Å²) < 4.78 is 16.6. The van der Waals surface area contributed by atoms with E-state index in [0.717, 1.165) is 0 Å². The van der Waals surface area contributed by atoms with Crippen molar-refractivity contribution in [3.63, 3.8) is 0 Å². The number of carbonyl (C=O) groups excluding carboxylic acids is 1. The minimum Gasteiger partial charge on any atom is -0.452 e. The number of benzene rings is 3. The van der Waals surface area contributed by atoms with Gasteiger partial charge in [-0.2, -0.15) is 0 Å². The van der Waals surface area contributed by atoms with E-state index in [1.54, 1.807) is 54.6 Å². The van der Waals surface area contributed by atoms with Crippen LogP contribution in [-0.2, 0) is 0 Å². The van der Waals surface area contributed by atoms with Gasteiger partial charge in [-0.25, -0.2) is 9.59 Å². The molecular weight excluding hydrogens is 467 g/mol. The predicted molar refractivity (Wildman–Crippen MR) is 125 cm³/mol. The van der Waals surface area contributed by atoms with Gasteiger partial charge in [-0.3, -0.25) is 4.79 Å². The van der Waals surface area contributed by atoms with Gasteiger partial charge in [-0.1, -0.05) is 53.5 Å². The van der Waals surface area contributed by atoms with Crippen molar-refractivity contribution >= 4 is 51.1 Å². The van der Waals surface area contributed by atoms with Crippen molar-refractivity contribution in [1.29, 1.82) is 0 Å². The predicted octanol–water partition coefficient (Wildman–Crippen LogP) is 6.09. The maximum Gasteiger partial charge on any atom is 0.351 e. The van der Waals surface area contributed by atoms with E-state index in [1.165, 1.54) is 18.2 Å². The molecule has 0 amide bonds. The van der Waals surface area contributed by atoms with E-state index in [4.69, 9.17) is 36.8 Å². The first-order chi connectivity index (χ1) is 15.9. The van der Waals surface area contributed by atoms with Crippen LogP contribution in [0.25, 0.3) is 33.3 Å². The Labute approximate surface area is 195 Å². The maximum absolute atomic E-state index is 13.3. The summed E-state index contributed by atoms with van der Waals surface area (Å²) in [4.78, 5) is 38.6. The molecular formula is C25H12Cl2O6. The fourth-order valence-electron chi connectivity index (χ4n) is 3.42. The monoisotopic (exact) mass is 478 g/mol. The molecule has 3 aromatic carbocycles. The summed E-state index contributed by atoms with van der Waals surface area (Å²) in [6.07, 6.45) is 0. The summed E-state index contributed by atoms with van der Waals surface area (Å²) in [5, 5.41) is 1.28. The highest BCUT2D eigenvalue weighted by atomic mass is 35.5. The highest BCUT2D eigenvalue weighted by molar-refractivity contribution is 6.36. The number of esters is 1. The third-order valence-electron chi connectivity index (χ3n) is 4.99. The molecule has 0 radical (unpaired) electrons. The van der Waals surface area contributed by atoms with Crippen LogP contribution < -0.4 is 15.8 Å². The Kier molecular flexibility index (Phi) is 5.24. The van der Waals surface area contributed by atoms with Gasteiger partial charge < -0.3 is 13.6 Å². The van der Waals surface area contributed by atoms with Gasteiger partial charge in [-0.05, 0) is 42.5 Å². The zero-order valence-electron chi connectivity index (χ0n) is 16.6. The van der Waals surface area contributed by atoms with Crippen molar-refractivity contribution in [1.82, 2.24) is 0 Å². The molecule has 162 valence electrons. The van der Waals surface area contributed by atoms with E-state index in [0.29, 0.717) is 16.0 Å². The lowest BCUT2D eigenvalue weighted by Crippen LogP contribution is -2.22. The molecule has 0 aliphatic carbocycles. The van der Waals surface area contributed by atoms with Crippen LogP contribution in [-0.4, -0.2) is 5.97 Å². The number of carbonyl (C=O) groups is 1. The third kappa shape index (κ3) is 3.80. The van der Waals surface area contributed by atoms with E-state index < -0.39 is 22.8 Å². The van der Waals surface area contributed by atoms with E-state index in [9.17, 15) is 14.4 Å². The lowest BCUT2D eigenvalue weighted by atomic mass is 10.1. The SMILES string of the molecule is O=C(Oc1c(-c2ccc(Cl)cc2Cl)oc2ccccc2c1=O)c1cc2ccccc2oc1=O. The van der Waals surface area contributed by atoms with Crippen LogP contribution in [0, 0.1) is 0 Å². The number of ether oxygens (including phenoxy) is 1. The third-order valence-corrected chi connectivity index (χ3v) is 5.54. The second kappa shape index (κ2) is 8.24. The van der Waals surface area contributed by atoms with Crippen LogP contribution in [0.4, 0.5) is 0 Å². The number of fused-ring (bicyclic) bond motifs is 2. The average Bonchev–Trinajstić information content (AvgIpc) is 2.80. The van der Waals surface area contributed by atoms with Crippen molar-refractivity contribution in [3.05, 3.63) is 109 Å². The molecule has 0 fully saturated rings. The van der Waals surface area contributed by atoms with Gasteiger partial charge in [0, 0.05) is 16.0 Å². The summed E-state index contributed by atoms with van der Waals surface area (Å²) in [5.41, 5.74) is -0.982. The Bertz CT molecular complexity index is 1680. The molecule has 2 heterocycles. The van der Waals surface area contributed by atoms with Gasteiger partial charge in [0.05, 0.1) is 10.4 Å². The van der Waals surface area contributed by atoms with Crippen molar-refractivity contribution < 1.29 is 18.4 Å². The van der Waals surface area contributed by atoms with Crippen LogP contribution in [0.3, 0.4) is 0 Å². The minimum atomic E-state index is -1.07. The van der Waals surface area contributed by atoms with Gasteiger partial charge in [0.2, 0.25) is 11.2 Å². The molecule has 0 unspecified atom stereocenters. The Balaban J connectivity index is 1.70. The number of hydrogen-bond acceptors (Lipinski definition) is 6. The van der Waals surface area contributed by atoms with Gasteiger partial charge in [0.25, 0.3) is 0 Å². The number of halogens is 2. The molecule has 0 aliphatic heterocycles. The van der Waals surface area contributed by atoms with Crippen molar-refractivity contribution in [2.24, 2.45) is 0 Å². The zero-order valence-corrected chi connectivity index (χ0v) is 18.1. The summed E-state index contributed by atoms with van der Waals surface area (Å²) in [7, 11) is 0. The Morgan fingerprint density at radius 1 is 0.818 bits per heavy atom. The smallest absolute Gasteiger partial charge is 0.351 e. The average molecular weight is 479 g/mol. The lowest BCUT2D eigenvalue weighted by Gasteiger charge is -2.11. The first kappa shape index (κ1) is 21.0. The van der Waals surface area contributed by atoms with Gasteiger partial charge in [0.15, 0.2) is 5.76 Å². The first-order valence-corrected chi connectivity index (χ1v) is 10.4. The fourth-order valence-corrected chi connectivity index (χ4v) is 3.91. The van der Waals surface area contributed by atoms with Crippen LogP contribution in [0.15, 0.2) is 91.2 Å². The second-order valence-corrected chi connectivity index (χ2v) is 7.93. The number of rotatable bonds is 3. The molecule has 2 aromatic heterocycles. The maximum atomic E-state index is 13.3. The second-order valence-electron chi connectivity index (χ2n) is 7.08. The standard InChI is InChI=1S/C25H12Cl2O6/c26-14-9-10-15(18(27)12-14)22-23(21(28)16-6-2-4-8-20(16)31-22)33-25(30)17-11-13-5-1-3-7-19(13)32-24(17)29/h1-12H. The molecule has 5 rings (SSSR count). The number of para-hydroxylation sites is 2. The van der Waals surface area contributed by atoms with E-state index >= 15 is 0 Å². The molecule has 0 bridgehead atoms. The van der Waals surface area contributed by atoms with Crippen LogP contribution in [0.2, 0.25) is 10.0 Å². The largest absolute Gasteiger partial charge is 0.452 e. The molecule has 0 saturated carbocycles. The molecule has 5 aromatic rings. The minimum absolute atomic E-state index is 0.0705. The van der Waals surface area contributed by atoms with Crippen LogP contribution in [0.1, 0.15) is 10.4 Å². The Morgan fingerprint density at radius 2 is 1.55 bits per heavy atom. The molecule has 0 atom stereocenters. The summed E-state index contributed by atoms with van der Waals surface area (Å²) in [5.74, 6) is -1.54. The van der Waals surface area contributed by atoms with Gasteiger partial charge in [-0.15, -0.1) is 0 Å². The topological polar surface area (TPSA) is 86.7 Å². The molecule has 0 aliphatic rings. The normalized spacial score (nSPS) is 11.1. The van der Waals surface area contributed by atoms with E-state index in [1.807, 2.05) is 0 Å². The zero-order chi connectivity index (χ0) is 23.1. The fraction of sp³-hybridized carbons (Fsp3) is 0. The molecule has 33 heavy (non-hydrogen) atoms. The van der Waals surface area contributed by atoms with Crippen LogP contribution in [0.5, 0.6) is 5.75 Å². The van der Waals surface area contributed by atoms with E-state index in [2.05, 4.69) is 0 Å². The molecule has 0 spiro atoms. The molecule has 6 nitrogen and oxygen atoms in total. The van der Waals surface area contributed by atoms with Crippen molar-refractivity contribution in [3.8, 4) is 17.1 Å². The lowest BCUT2D eigenvalue weighted by molar-refractivity contribution is 0.0727. The molecule has 8 heteroatoms. The first-order valence-electron chi connectivity index (χ1n) is 9.69. The summed E-state index contributed by atoms with van der Waals surface area (Å²) >= 11 is 12.3. The molecule has 0 saturated heterocycles. The van der Waals surface area contributed by atoms with Crippen molar-refractivity contribution in [2.75, 3.05) is 0 Å². The van der Waals surface area contributed by atoms with Gasteiger partial charge >= 0.3 is 11.6 Å². The Hall–Kier alpha value is -3.87. The van der Waals surface area contributed by atoms with Crippen LogP contribution >= 0.6 is 23.2 Å². The van der Waals surface area contributed by atoms with Crippen molar-refractivity contribution in [2.45, 2.75) is 0 Å². The summed E-state index contributed by atoms with van der Waals surface area (Å²) in [6, 6.07) is 19.1. The molecule has 0 N–H and O–H groups in total. The Morgan fingerprint density at radius 3 is 2.33 bits per heavy atom. The summed E-state index contributed by atoms with van der Waals surface area (Å²) in [6.45, 7) is 0. The number of hydrogen-bond donors (Lipinski definition) is 0. The highest BCUT2D eigenvalue weighted by Gasteiger charge is 2.24. The van der Waals surface area contributed by atoms with E-state index in [-0.39, 0.29) is 32.9 Å². The highest BCUT2D eigenvalue weighted by Crippen LogP contribution is 2.36.